The van der Waals surface area contributed by atoms with Crippen molar-refractivity contribution in [3.05, 3.63) is 70.6 Å². The number of fused-ring (bicyclic) bond motifs is 1. The Kier molecular flexibility index (Phi) is 5.10. The summed E-state index contributed by atoms with van der Waals surface area (Å²) in [6.07, 6.45) is 0.0979. The zero-order chi connectivity index (χ0) is 23.3. The third kappa shape index (κ3) is 3.83. The largest absolute Gasteiger partial charge is 0.496 e. The van der Waals surface area contributed by atoms with Crippen molar-refractivity contribution in [3.8, 4) is 5.75 Å². The lowest BCUT2D eigenvalue weighted by atomic mass is 9.96. The van der Waals surface area contributed by atoms with Gasteiger partial charge in [0.1, 0.15) is 24.3 Å². The number of benzene rings is 1. The van der Waals surface area contributed by atoms with Gasteiger partial charge < -0.3 is 9.64 Å². The highest BCUT2D eigenvalue weighted by atomic mass is 19.4. The molecule has 3 aromatic rings. The van der Waals surface area contributed by atoms with E-state index < -0.39 is 30.4 Å². The van der Waals surface area contributed by atoms with Crippen LogP contribution in [-0.4, -0.2) is 37.7 Å². The first-order chi connectivity index (χ1) is 15.8. The lowest BCUT2D eigenvalue weighted by molar-refractivity contribution is -0.146. The molecule has 7 nitrogen and oxygen atoms in total. The zero-order valence-electron chi connectivity index (χ0n) is 18.1. The van der Waals surface area contributed by atoms with Crippen molar-refractivity contribution in [2.45, 2.75) is 51.0 Å². The molecule has 1 fully saturated rings. The van der Waals surface area contributed by atoms with E-state index in [0.29, 0.717) is 17.1 Å². The van der Waals surface area contributed by atoms with Crippen LogP contribution >= 0.6 is 0 Å². The topological polar surface area (TPSA) is 73.1 Å². The van der Waals surface area contributed by atoms with Gasteiger partial charge in [-0.15, -0.1) is 0 Å². The Morgan fingerprint density at radius 2 is 2.03 bits per heavy atom. The van der Waals surface area contributed by atoms with Crippen molar-refractivity contribution in [1.29, 1.82) is 0 Å². The highest BCUT2D eigenvalue weighted by Gasteiger charge is 2.41. The van der Waals surface area contributed by atoms with Gasteiger partial charge in [0.05, 0.1) is 31.1 Å². The molecule has 3 heterocycles. The Labute approximate surface area is 188 Å². The van der Waals surface area contributed by atoms with Crippen molar-refractivity contribution in [3.63, 3.8) is 0 Å². The number of nitrogens with zero attached hydrogens (tertiary/aromatic N) is 5. The molecule has 0 unspecified atom stereocenters. The van der Waals surface area contributed by atoms with Crippen molar-refractivity contribution in [2.24, 2.45) is 0 Å². The van der Waals surface area contributed by atoms with E-state index in [1.807, 2.05) is 25.1 Å². The highest BCUT2D eigenvalue weighted by molar-refractivity contribution is 5.78. The SMILES string of the molecule is COc1cccc([C@@H]2c3cncnc3CN2C(=O)Cn2nc(C3CC3)cc2C(F)(F)F)c1C. The molecule has 0 radical (unpaired) electrons. The third-order valence-corrected chi connectivity index (χ3v) is 6.28. The Balaban J connectivity index is 1.52. The summed E-state index contributed by atoms with van der Waals surface area (Å²) in [7, 11) is 1.56. The summed E-state index contributed by atoms with van der Waals surface area (Å²) in [6, 6.07) is 6.06. The monoisotopic (exact) mass is 457 g/mol. The number of halogens is 3. The van der Waals surface area contributed by atoms with E-state index >= 15 is 0 Å². The van der Waals surface area contributed by atoms with Crippen LogP contribution in [0.1, 0.15) is 58.6 Å². The number of alkyl halides is 3. The maximum atomic E-state index is 13.6. The Morgan fingerprint density at radius 1 is 1.24 bits per heavy atom. The average molecular weight is 457 g/mol. The second kappa shape index (κ2) is 7.86. The van der Waals surface area contributed by atoms with Gasteiger partial charge in [0, 0.05) is 17.7 Å². The molecule has 2 aromatic heterocycles. The van der Waals surface area contributed by atoms with E-state index in [1.54, 1.807) is 18.2 Å². The van der Waals surface area contributed by atoms with Gasteiger partial charge in [0.2, 0.25) is 5.91 Å². The van der Waals surface area contributed by atoms with Crippen LogP contribution in [-0.2, 0) is 24.1 Å². The molecule has 1 saturated carbocycles. The summed E-state index contributed by atoms with van der Waals surface area (Å²) < 4.78 is 47.2. The maximum absolute atomic E-state index is 13.6. The van der Waals surface area contributed by atoms with Crippen molar-refractivity contribution in [2.75, 3.05) is 7.11 Å². The minimum absolute atomic E-state index is 0.0425. The normalized spacial score (nSPS) is 17.8. The van der Waals surface area contributed by atoms with Crippen LogP contribution in [0.4, 0.5) is 13.2 Å². The molecular formula is C23H22F3N5O2. The molecule has 0 N–H and O–H groups in total. The van der Waals surface area contributed by atoms with Crippen LogP contribution in [0.25, 0.3) is 0 Å². The predicted octanol–water partition coefficient (Wildman–Crippen LogP) is 4.02. The number of carbonyl (C=O) groups excluding carboxylic acids is 1. The molecule has 5 rings (SSSR count). The molecule has 10 heteroatoms. The lowest BCUT2D eigenvalue weighted by Gasteiger charge is -2.27. The van der Waals surface area contributed by atoms with E-state index in [0.717, 1.165) is 40.3 Å². The second-order valence-corrected chi connectivity index (χ2v) is 8.41. The lowest BCUT2D eigenvalue weighted by Crippen LogP contribution is -2.34. The Hall–Kier alpha value is -3.43. The minimum atomic E-state index is -4.59. The number of ether oxygens (including phenoxy) is 1. The molecule has 1 amide bonds. The zero-order valence-corrected chi connectivity index (χ0v) is 18.1. The third-order valence-electron chi connectivity index (χ3n) is 6.28. The number of hydrogen-bond donors (Lipinski definition) is 0. The first kappa shape index (κ1) is 21.4. The summed E-state index contributed by atoms with van der Waals surface area (Å²) in [5.41, 5.74) is 2.56. The molecule has 0 spiro atoms. The fraction of sp³-hybridized carbons (Fsp3) is 0.391. The van der Waals surface area contributed by atoms with Gasteiger partial charge in [-0.25, -0.2) is 9.97 Å². The van der Waals surface area contributed by atoms with Crippen molar-refractivity contribution in [1.82, 2.24) is 24.6 Å². The number of carbonyl (C=O) groups is 1. The average Bonchev–Trinajstić information content (AvgIpc) is 3.42. The van der Waals surface area contributed by atoms with Crippen LogP contribution in [0.2, 0.25) is 0 Å². The predicted molar refractivity (Wildman–Crippen MR) is 111 cm³/mol. The number of methoxy groups -OCH3 is 1. The summed E-state index contributed by atoms with van der Waals surface area (Å²) in [5, 5.41) is 4.14. The molecule has 1 aliphatic heterocycles. The molecule has 1 atom stereocenters. The van der Waals surface area contributed by atoms with Crippen LogP contribution in [0.5, 0.6) is 5.75 Å². The van der Waals surface area contributed by atoms with Crippen LogP contribution in [0.15, 0.2) is 36.8 Å². The minimum Gasteiger partial charge on any atom is -0.496 e. The first-order valence-electron chi connectivity index (χ1n) is 10.6. The van der Waals surface area contributed by atoms with Gasteiger partial charge in [-0.3, -0.25) is 9.48 Å². The highest BCUT2D eigenvalue weighted by Crippen LogP contribution is 2.43. The van der Waals surface area contributed by atoms with Gasteiger partial charge in [-0.1, -0.05) is 12.1 Å². The van der Waals surface area contributed by atoms with E-state index in [9.17, 15) is 18.0 Å². The molecule has 0 bridgehead atoms. The summed E-state index contributed by atoms with van der Waals surface area (Å²) in [4.78, 5) is 23.4. The van der Waals surface area contributed by atoms with Crippen LogP contribution < -0.4 is 4.74 Å². The van der Waals surface area contributed by atoms with E-state index in [2.05, 4.69) is 15.1 Å². The number of rotatable bonds is 5. The van der Waals surface area contributed by atoms with Crippen LogP contribution in [0.3, 0.4) is 0 Å². The number of amides is 1. The quantitative estimate of drug-likeness (QED) is 0.579. The van der Waals surface area contributed by atoms with Gasteiger partial charge in [-0.05, 0) is 43.0 Å². The van der Waals surface area contributed by atoms with Crippen LogP contribution in [0, 0.1) is 6.92 Å². The molecule has 2 aliphatic rings. The Bertz CT molecular complexity index is 1220. The summed E-state index contributed by atoms with van der Waals surface area (Å²) in [5.74, 6) is 0.225. The maximum Gasteiger partial charge on any atom is 0.433 e. The molecule has 1 aromatic carbocycles. The smallest absolute Gasteiger partial charge is 0.433 e. The summed E-state index contributed by atoms with van der Waals surface area (Å²) >= 11 is 0. The molecule has 172 valence electrons. The van der Waals surface area contributed by atoms with Gasteiger partial charge in [-0.2, -0.15) is 18.3 Å². The number of aromatic nitrogens is 4. The molecule has 33 heavy (non-hydrogen) atoms. The van der Waals surface area contributed by atoms with E-state index in [-0.39, 0.29) is 12.5 Å². The van der Waals surface area contributed by atoms with E-state index in [4.69, 9.17) is 4.74 Å². The van der Waals surface area contributed by atoms with Gasteiger partial charge in [0.15, 0.2) is 0 Å². The second-order valence-electron chi connectivity index (χ2n) is 8.41. The first-order valence-corrected chi connectivity index (χ1v) is 10.6. The molecular weight excluding hydrogens is 435 g/mol. The fourth-order valence-electron chi connectivity index (χ4n) is 4.45. The van der Waals surface area contributed by atoms with Crippen molar-refractivity contribution >= 4 is 5.91 Å². The fourth-order valence-corrected chi connectivity index (χ4v) is 4.45. The van der Waals surface area contributed by atoms with E-state index in [1.165, 1.54) is 6.33 Å². The summed E-state index contributed by atoms with van der Waals surface area (Å²) in [6.45, 7) is 1.55. The van der Waals surface area contributed by atoms with Gasteiger partial charge >= 0.3 is 6.18 Å². The van der Waals surface area contributed by atoms with Gasteiger partial charge in [0.25, 0.3) is 0 Å². The number of hydrogen-bond acceptors (Lipinski definition) is 5. The Morgan fingerprint density at radius 3 is 2.73 bits per heavy atom. The molecule has 1 aliphatic carbocycles. The van der Waals surface area contributed by atoms with Crippen molar-refractivity contribution < 1.29 is 22.7 Å². The molecule has 0 saturated heterocycles. The standard InChI is InChI=1S/C23H22F3N5O2/c1-13-15(4-3-5-19(13)33-2)22-16-9-27-12-28-18(16)10-30(22)21(32)11-31-20(23(24,25)26)8-17(29-31)14-6-7-14/h3-5,8-9,12,14,22H,6-7,10-11H2,1-2H3/t22-/m1/s1.